The Hall–Kier alpha value is -2.02. The van der Waals surface area contributed by atoms with E-state index in [1.54, 1.807) is 0 Å². The fraction of sp³-hybridized carbons (Fsp3) is 0.417. The molecule has 1 heteroatoms. The van der Waals surface area contributed by atoms with Crippen molar-refractivity contribution < 1.29 is 4.74 Å². The number of hydrogen-bond acceptors (Lipinski definition) is 1. The highest BCUT2D eigenvalue weighted by molar-refractivity contribution is 5.36. The number of allylic oxidation sites excluding steroid dienone is 2. The summed E-state index contributed by atoms with van der Waals surface area (Å²) in [5, 5.41) is 0. The number of rotatable bonds is 10. The lowest BCUT2D eigenvalue weighted by atomic mass is 9.84. The molecule has 0 aromatic heterocycles. The normalized spacial score (nSPS) is 11.8. The van der Waals surface area contributed by atoms with Crippen molar-refractivity contribution in [3.8, 4) is 5.75 Å². The van der Waals surface area contributed by atoms with Gasteiger partial charge in [-0.25, -0.2) is 0 Å². The van der Waals surface area contributed by atoms with Crippen molar-refractivity contribution in [3.05, 3.63) is 77.9 Å². The molecular weight excluding hydrogens is 304 g/mol. The summed E-state index contributed by atoms with van der Waals surface area (Å²) in [5.74, 6) is 0.936. The summed E-state index contributed by atoms with van der Waals surface area (Å²) in [6.45, 7) is 7.40. The zero-order chi connectivity index (χ0) is 18.0. The SMILES string of the molecule is CCCCCC/C=C/C(C)(C)c1cccc(OCc2ccccc2)c1. The first-order valence-electron chi connectivity index (χ1n) is 9.57. The van der Waals surface area contributed by atoms with Crippen LogP contribution in [0.25, 0.3) is 0 Å². The maximum absolute atomic E-state index is 5.97. The van der Waals surface area contributed by atoms with Crippen molar-refractivity contribution in [2.45, 2.75) is 64.9 Å². The number of ether oxygens (including phenoxy) is 1. The third-order valence-corrected chi connectivity index (χ3v) is 4.59. The second-order valence-corrected chi connectivity index (χ2v) is 7.28. The molecule has 0 spiro atoms. The van der Waals surface area contributed by atoms with Gasteiger partial charge in [-0.15, -0.1) is 0 Å². The minimum absolute atomic E-state index is 0.0247. The third-order valence-electron chi connectivity index (χ3n) is 4.59. The highest BCUT2D eigenvalue weighted by Crippen LogP contribution is 2.28. The molecule has 0 aliphatic heterocycles. The van der Waals surface area contributed by atoms with Crippen LogP contribution < -0.4 is 4.74 Å². The molecule has 134 valence electrons. The molecule has 2 aromatic carbocycles. The summed E-state index contributed by atoms with van der Waals surface area (Å²) < 4.78 is 5.97. The van der Waals surface area contributed by atoms with E-state index in [1.807, 2.05) is 24.3 Å². The minimum atomic E-state index is 0.0247. The second kappa shape index (κ2) is 10.1. The van der Waals surface area contributed by atoms with E-state index in [-0.39, 0.29) is 5.41 Å². The first-order valence-corrected chi connectivity index (χ1v) is 9.57. The van der Waals surface area contributed by atoms with Crippen molar-refractivity contribution in [1.29, 1.82) is 0 Å². The van der Waals surface area contributed by atoms with Crippen LogP contribution in [0.3, 0.4) is 0 Å². The van der Waals surface area contributed by atoms with Gasteiger partial charge in [-0.1, -0.05) is 94.7 Å². The molecule has 0 N–H and O–H groups in total. The van der Waals surface area contributed by atoms with Gasteiger partial charge in [-0.2, -0.15) is 0 Å². The van der Waals surface area contributed by atoms with E-state index >= 15 is 0 Å². The van der Waals surface area contributed by atoms with Gasteiger partial charge in [0.1, 0.15) is 12.4 Å². The van der Waals surface area contributed by atoms with Crippen molar-refractivity contribution in [3.63, 3.8) is 0 Å². The summed E-state index contributed by atoms with van der Waals surface area (Å²) in [6, 6.07) is 18.8. The maximum atomic E-state index is 5.97. The molecule has 0 aliphatic rings. The topological polar surface area (TPSA) is 9.23 Å². The summed E-state index contributed by atoms with van der Waals surface area (Å²) in [6.07, 6.45) is 11.1. The molecule has 25 heavy (non-hydrogen) atoms. The summed E-state index contributed by atoms with van der Waals surface area (Å²) >= 11 is 0. The van der Waals surface area contributed by atoms with E-state index in [4.69, 9.17) is 4.74 Å². The number of hydrogen-bond donors (Lipinski definition) is 0. The predicted molar refractivity (Wildman–Crippen MR) is 108 cm³/mol. The molecule has 1 nitrogen and oxygen atoms in total. The maximum Gasteiger partial charge on any atom is 0.120 e. The average molecular weight is 337 g/mol. The van der Waals surface area contributed by atoms with Crippen molar-refractivity contribution in [1.82, 2.24) is 0 Å². The second-order valence-electron chi connectivity index (χ2n) is 7.28. The van der Waals surface area contributed by atoms with Gasteiger partial charge in [0.05, 0.1) is 0 Å². The predicted octanol–water partition coefficient (Wildman–Crippen LogP) is 7.07. The fourth-order valence-electron chi connectivity index (χ4n) is 2.89. The average Bonchev–Trinajstić information content (AvgIpc) is 2.64. The van der Waals surface area contributed by atoms with Crippen LogP contribution in [0.4, 0.5) is 0 Å². The van der Waals surface area contributed by atoms with Crippen LogP contribution in [-0.4, -0.2) is 0 Å². The molecule has 0 saturated carbocycles. The molecule has 0 heterocycles. The summed E-state index contributed by atoms with van der Waals surface area (Å²) in [7, 11) is 0. The van der Waals surface area contributed by atoms with Gasteiger partial charge in [0.15, 0.2) is 0 Å². The Morgan fingerprint density at radius 3 is 2.48 bits per heavy atom. The Kier molecular flexibility index (Phi) is 7.78. The smallest absolute Gasteiger partial charge is 0.120 e. The van der Waals surface area contributed by atoms with Gasteiger partial charge >= 0.3 is 0 Å². The van der Waals surface area contributed by atoms with E-state index in [9.17, 15) is 0 Å². The van der Waals surface area contributed by atoms with E-state index in [2.05, 4.69) is 63.3 Å². The first-order chi connectivity index (χ1) is 12.1. The highest BCUT2D eigenvalue weighted by atomic mass is 16.5. The van der Waals surface area contributed by atoms with Crippen LogP contribution in [0.2, 0.25) is 0 Å². The zero-order valence-electron chi connectivity index (χ0n) is 16.0. The van der Waals surface area contributed by atoms with Crippen LogP contribution >= 0.6 is 0 Å². The lowest BCUT2D eigenvalue weighted by Crippen LogP contribution is -2.13. The Morgan fingerprint density at radius 2 is 1.72 bits per heavy atom. The zero-order valence-corrected chi connectivity index (χ0v) is 16.0. The van der Waals surface area contributed by atoms with Gasteiger partial charge in [0.25, 0.3) is 0 Å². The molecule has 2 aromatic rings. The molecule has 0 aliphatic carbocycles. The standard InChI is InChI=1S/C24H32O/c1-4-5-6-7-8-12-18-24(2,3)22-16-13-17-23(19-22)25-20-21-14-10-9-11-15-21/h9-19H,4-8,20H2,1-3H3/b18-12+. The van der Waals surface area contributed by atoms with Gasteiger partial charge in [-0.05, 0) is 36.1 Å². The molecule has 0 amide bonds. The van der Waals surface area contributed by atoms with Crippen LogP contribution in [0, 0.1) is 0 Å². The third kappa shape index (κ3) is 6.78. The van der Waals surface area contributed by atoms with Crippen LogP contribution in [0.15, 0.2) is 66.7 Å². The van der Waals surface area contributed by atoms with E-state index in [0.717, 1.165) is 5.75 Å². The molecule has 2 rings (SSSR count). The van der Waals surface area contributed by atoms with Crippen LogP contribution in [0.5, 0.6) is 5.75 Å². The molecule has 0 fully saturated rings. The van der Waals surface area contributed by atoms with Gasteiger partial charge < -0.3 is 4.74 Å². The summed E-state index contributed by atoms with van der Waals surface area (Å²) in [4.78, 5) is 0. The molecule has 0 saturated heterocycles. The van der Waals surface area contributed by atoms with Gasteiger partial charge in [0, 0.05) is 5.41 Å². The molecule has 0 radical (unpaired) electrons. The minimum Gasteiger partial charge on any atom is -0.489 e. The lowest BCUT2D eigenvalue weighted by molar-refractivity contribution is 0.305. The largest absolute Gasteiger partial charge is 0.489 e. The molecule has 0 atom stereocenters. The van der Waals surface area contributed by atoms with Gasteiger partial charge in [0.2, 0.25) is 0 Å². The summed E-state index contributed by atoms with van der Waals surface area (Å²) in [5.41, 5.74) is 2.51. The first kappa shape index (κ1) is 19.3. The van der Waals surface area contributed by atoms with Crippen molar-refractivity contribution in [2.75, 3.05) is 0 Å². The van der Waals surface area contributed by atoms with E-state index in [0.29, 0.717) is 6.61 Å². The number of unbranched alkanes of at least 4 members (excludes halogenated alkanes) is 4. The Morgan fingerprint density at radius 1 is 0.920 bits per heavy atom. The Balaban J connectivity index is 1.92. The number of benzene rings is 2. The fourth-order valence-corrected chi connectivity index (χ4v) is 2.89. The highest BCUT2D eigenvalue weighted by Gasteiger charge is 2.17. The van der Waals surface area contributed by atoms with Crippen molar-refractivity contribution >= 4 is 0 Å². The van der Waals surface area contributed by atoms with E-state index < -0.39 is 0 Å². The Labute approximate surface area is 153 Å². The molecular formula is C24H32O. The van der Waals surface area contributed by atoms with Crippen molar-refractivity contribution in [2.24, 2.45) is 0 Å². The monoisotopic (exact) mass is 336 g/mol. The Bertz CT molecular complexity index is 640. The lowest BCUT2D eigenvalue weighted by Gasteiger charge is -2.22. The van der Waals surface area contributed by atoms with E-state index in [1.165, 1.54) is 43.2 Å². The quantitative estimate of drug-likeness (QED) is 0.333. The van der Waals surface area contributed by atoms with Crippen LogP contribution in [-0.2, 0) is 12.0 Å². The molecule has 0 unspecified atom stereocenters. The van der Waals surface area contributed by atoms with Gasteiger partial charge in [-0.3, -0.25) is 0 Å². The molecule has 0 bridgehead atoms. The van der Waals surface area contributed by atoms with Crippen LogP contribution in [0.1, 0.15) is 64.0 Å².